The molecule has 6 nitrogen and oxygen atoms in total. The summed E-state index contributed by atoms with van der Waals surface area (Å²) < 4.78 is 7.14. The van der Waals surface area contributed by atoms with E-state index in [0.29, 0.717) is 18.2 Å². The zero-order chi connectivity index (χ0) is 18.8. The van der Waals surface area contributed by atoms with E-state index in [1.165, 1.54) is 5.56 Å². The fourth-order valence-corrected chi connectivity index (χ4v) is 3.62. The number of aromatic nitrogens is 2. The Balaban J connectivity index is 1.68. The smallest absolute Gasteiger partial charge is 0.338 e. The molecule has 140 valence electrons. The van der Waals surface area contributed by atoms with Crippen LogP contribution in [0.5, 0.6) is 0 Å². The van der Waals surface area contributed by atoms with Crippen molar-refractivity contribution < 1.29 is 9.53 Å². The lowest BCUT2D eigenvalue weighted by molar-refractivity contribution is 0.0526. The number of imidazole rings is 1. The molecule has 4 rings (SSSR count). The van der Waals surface area contributed by atoms with Gasteiger partial charge < -0.3 is 10.1 Å². The predicted molar refractivity (Wildman–Crippen MR) is 105 cm³/mol. The Morgan fingerprint density at radius 2 is 2.19 bits per heavy atom. The first-order chi connectivity index (χ1) is 13.2. The first-order valence-electron chi connectivity index (χ1n) is 9.33. The Hall–Kier alpha value is -2.70. The van der Waals surface area contributed by atoms with Gasteiger partial charge in [-0.25, -0.2) is 9.78 Å². The second kappa shape index (κ2) is 7.50. The normalized spacial score (nSPS) is 17.9. The number of hydrogen-bond acceptors (Lipinski definition) is 5. The van der Waals surface area contributed by atoms with Gasteiger partial charge in [0, 0.05) is 31.4 Å². The first-order valence-corrected chi connectivity index (χ1v) is 9.33. The maximum absolute atomic E-state index is 11.9. The monoisotopic (exact) mass is 364 g/mol. The summed E-state index contributed by atoms with van der Waals surface area (Å²) in [5, 5.41) is 3.47. The molecular formula is C21H24N4O2. The predicted octanol–water partition coefficient (Wildman–Crippen LogP) is 2.78. The second-order valence-corrected chi connectivity index (χ2v) is 6.83. The SMILES string of the molecule is CCOC(=O)c1ccc2c(c1)ncn2-c1cccc(C2CNCCN2C)c1. The third-order valence-corrected chi connectivity index (χ3v) is 5.10. The number of hydrogen-bond donors (Lipinski definition) is 1. The summed E-state index contributed by atoms with van der Waals surface area (Å²) >= 11 is 0. The van der Waals surface area contributed by atoms with E-state index in [2.05, 4.69) is 51.1 Å². The Bertz CT molecular complexity index is 966. The number of nitrogens with zero attached hydrogens (tertiary/aromatic N) is 3. The molecule has 2 aromatic carbocycles. The maximum atomic E-state index is 11.9. The highest BCUT2D eigenvalue weighted by Gasteiger charge is 2.20. The highest BCUT2D eigenvalue weighted by atomic mass is 16.5. The quantitative estimate of drug-likeness (QED) is 0.722. The standard InChI is InChI=1S/C21H24N4O2/c1-3-27-21(26)16-7-8-19-18(12-16)23-14-25(19)17-6-4-5-15(11-17)20-13-22-9-10-24(20)2/h4-8,11-12,14,20,22H,3,9-10,13H2,1-2H3. The molecule has 1 unspecified atom stereocenters. The second-order valence-electron chi connectivity index (χ2n) is 6.83. The van der Waals surface area contributed by atoms with Crippen molar-refractivity contribution in [2.45, 2.75) is 13.0 Å². The number of rotatable bonds is 4. The summed E-state index contributed by atoms with van der Waals surface area (Å²) in [6.45, 7) is 5.19. The molecule has 0 amide bonds. The van der Waals surface area contributed by atoms with Gasteiger partial charge in [-0.3, -0.25) is 9.47 Å². The Kier molecular flexibility index (Phi) is 4.92. The molecule has 1 aliphatic heterocycles. The molecule has 1 saturated heterocycles. The molecule has 1 aromatic heterocycles. The zero-order valence-corrected chi connectivity index (χ0v) is 15.7. The van der Waals surface area contributed by atoms with Crippen LogP contribution in [0.4, 0.5) is 0 Å². The summed E-state index contributed by atoms with van der Waals surface area (Å²) in [6.07, 6.45) is 1.81. The topological polar surface area (TPSA) is 59.4 Å². The van der Waals surface area contributed by atoms with E-state index in [1.54, 1.807) is 19.1 Å². The van der Waals surface area contributed by atoms with Crippen LogP contribution in [-0.2, 0) is 4.74 Å². The summed E-state index contributed by atoms with van der Waals surface area (Å²) in [4.78, 5) is 18.8. The fourth-order valence-electron chi connectivity index (χ4n) is 3.62. The van der Waals surface area contributed by atoms with Gasteiger partial charge in [0.2, 0.25) is 0 Å². The van der Waals surface area contributed by atoms with Gasteiger partial charge in [-0.15, -0.1) is 0 Å². The number of esters is 1. The van der Waals surface area contributed by atoms with E-state index in [1.807, 2.05) is 12.4 Å². The molecule has 0 saturated carbocycles. The number of carbonyl (C=O) groups is 1. The number of nitrogens with one attached hydrogen (secondary N) is 1. The first kappa shape index (κ1) is 17.7. The van der Waals surface area contributed by atoms with Gasteiger partial charge in [0.25, 0.3) is 0 Å². The zero-order valence-electron chi connectivity index (χ0n) is 15.7. The molecule has 0 bridgehead atoms. The van der Waals surface area contributed by atoms with Crippen molar-refractivity contribution in [2.24, 2.45) is 0 Å². The van der Waals surface area contributed by atoms with Crippen molar-refractivity contribution >= 4 is 17.0 Å². The molecule has 3 aromatic rings. The van der Waals surface area contributed by atoms with Crippen LogP contribution in [0.1, 0.15) is 28.9 Å². The number of piperazine rings is 1. The lowest BCUT2D eigenvalue weighted by Crippen LogP contribution is -2.43. The minimum Gasteiger partial charge on any atom is -0.462 e. The van der Waals surface area contributed by atoms with E-state index in [4.69, 9.17) is 4.74 Å². The van der Waals surface area contributed by atoms with Gasteiger partial charge in [-0.05, 0) is 49.9 Å². The molecule has 1 fully saturated rings. The van der Waals surface area contributed by atoms with Gasteiger partial charge in [0.15, 0.2) is 0 Å². The molecule has 0 aliphatic carbocycles. The third-order valence-electron chi connectivity index (χ3n) is 5.10. The van der Waals surface area contributed by atoms with Crippen LogP contribution in [0.15, 0.2) is 48.8 Å². The summed E-state index contributed by atoms with van der Waals surface area (Å²) in [7, 11) is 2.17. The summed E-state index contributed by atoms with van der Waals surface area (Å²) in [5.74, 6) is -0.316. The van der Waals surface area contributed by atoms with E-state index in [0.717, 1.165) is 36.4 Å². The van der Waals surface area contributed by atoms with E-state index < -0.39 is 0 Å². The molecule has 0 spiro atoms. The Morgan fingerprint density at radius 1 is 1.30 bits per heavy atom. The van der Waals surface area contributed by atoms with Crippen molar-refractivity contribution in [2.75, 3.05) is 33.3 Å². The van der Waals surface area contributed by atoms with Gasteiger partial charge in [-0.1, -0.05) is 12.1 Å². The molecule has 1 atom stereocenters. The van der Waals surface area contributed by atoms with Gasteiger partial charge in [0.05, 0.1) is 23.2 Å². The third kappa shape index (κ3) is 3.46. The minimum absolute atomic E-state index is 0.316. The lowest BCUT2D eigenvalue weighted by Gasteiger charge is -2.33. The number of fused-ring (bicyclic) bond motifs is 1. The Labute approximate surface area is 158 Å². The fraction of sp³-hybridized carbons (Fsp3) is 0.333. The highest BCUT2D eigenvalue weighted by Crippen LogP contribution is 2.25. The average Bonchev–Trinajstić information content (AvgIpc) is 3.12. The molecule has 6 heteroatoms. The van der Waals surface area contributed by atoms with Crippen molar-refractivity contribution in [3.8, 4) is 5.69 Å². The molecule has 27 heavy (non-hydrogen) atoms. The molecule has 0 radical (unpaired) electrons. The number of ether oxygens (including phenoxy) is 1. The van der Waals surface area contributed by atoms with Gasteiger partial charge >= 0.3 is 5.97 Å². The van der Waals surface area contributed by atoms with Crippen molar-refractivity contribution in [3.63, 3.8) is 0 Å². The number of likely N-dealkylation sites (N-methyl/N-ethyl adjacent to an activating group) is 1. The van der Waals surface area contributed by atoms with Crippen LogP contribution in [0.2, 0.25) is 0 Å². The van der Waals surface area contributed by atoms with Crippen molar-refractivity contribution in [1.29, 1.82) is 0 Å². The molecular weight excluding hydrogens is 340 g/mol. The van der Waals surface area contributed by atoms with Gasteiger partial charge in [-0.2, -0.15) is 0 Å². The van der Waals surface area contributed by atoms with Crippen LogP contribution in [0, 0.1) is 0 Å². The largest absolute Gasteiger partial charge is 0.462 e. The molecule has 1 N–H and O–H groups in total. The number of benzene rings is 2. The Morgan fingerprint density at radius 3 is 3.00 bits per heavy atom. The van der Waals surface area contributed by atoms with E-state index in [-0.39, 0.29) is 5.97 Å². The lowest BCUT2D eigenvalue weighted by atomic mass is 10.0. The van der Waals surface area contributed by atoms with Crippen LogP contribution in [0.3, 0.4) is 0 Å². The van der Waals surface area contributed by atoms with Crippen molar-refractivity contribution in [3.05, 3.63) is 59.9 Å². The number of carbonyl (C=O) groups excluding carboxylic acids is 1. The van der Waals surface area contributed by atoms with Gasteiger partial charge in [0.1, 0.15) is 6.33 Å². The highest BCUT2D eigenvalue weighted by molar-refractivity contribution is 5.94. The maximum Gasteiger partial charge on any atom is 0.338 e. The van der Waals surface area contributed by atoms with Crippen molar-refractivity contribution in [1.82, 2.24) is 19.8 Å². The summed E-state index contributed by atoms with van der Waals surface area (Å²) in [6, 6.07) is 14.4. The summed E-state index contributed by atoms with van der Waals surface area (Å²) in [5.41, 5.74) is 4.63. The molecule has 1 aliphatic rings. The minimum atomic E-state index is -0.316. The van der Waals surface area contributed by atoms with Crippen LogP contribution in [0.25, 0.3) is 16.7 Å². The van der Waals surface area contributed by atoms with Crippen LogP contribution in [-0.4, -0.2) is 53.7 Å². The van der Waals surface area contributed by atoms with E-state index in [9.17, 15) is 4.79 Å². The van der Waals surface area contributed by atoms with E-state index >= 15 is 0 Å². The van der Waals surface area contributed by atoms with Crippen LogP contribution >= 0.6 is 0 Å². The van der Waals surface area contributed by atoms with Crippen LogP contribution < -0.4 is 5.32 Å². The average molecular weight is 364 g/mol. The molecule has 2 heterocycles.